The molecule has 0 aliphatic carbocycles. The number of carbonyl (C=O) groups excluding carboxylic acids is 2. The van der Waals surface area contributed by atoms with E-state index >= 15 is 0 Å². The average molecular weight is 477 g/mol. The topological polar surface area (TPSA) is 52.6 Å². The van der Waals surface area contributed by atoms with E-state index in [1.54, 1.807) is 0 Å². The van der Waals surface area contributed by atoms with Gasteiger partial charge in [-0.15, -0.1) is 0 Å². The summed E-state index contributed by atoms with van der Waals surface area (Å²) in [7, 11) is 0. The number of hydrogen-bond acceptors (Lipinski definition) is 4. The second-order valence-corrected chi connectivity index (χ2v) is 6.66. The molecule has 0 unspecified atom stereocenters. The van der Waals surface area contributed by atoms with Crippen LogP contribution in [0.3, 0.4) is 0 Å². The lowest BCUT2D eigenvalue weighted by atomic mass is 10.1. The van der Waals surface area contributed by atoms with Crippen LogP contribution in [0.4, 0.5) is 22.0 Å². The third-order valence-electron chi connectivity index (χ3n) is 3.81. The van der Waals surface area contributed by atoms with Crippen molar-refractivity contribution in [2.75, 3.05) is 0 Å². The maximum Gasteiger partial charge on any atom is 0.349 e. The quantitative estimate of drug-likeness (QED) is 0.149. The predicted octanol–water partition coefficient (Wildman–Crippen LogP) is 6.13. The van der Waals surface area contributed by atoms with Crippen molar-refractivity contribution < 1.29 is 41.0 Å². The molecule has 3 aromatic carbocycles. The SMILES string of the molecule is O=C(Oc1ccc(OC(=O)c2c(F)c(F)c(F)c(F)c2F)cc1)c1ccc(Cl)cc1Cl. The number of ether oxygens (including phenoxy) is 2. The Hall–Kier alpha value is -3.17. The average Bonchev–Trinajstić information content (AvgIpc) is 2.72. The number of hydrogen-bond donors (Lipinski definition) is 0. The van der Waals surface area contributed by atoms with Crippen molar-refractivity contribution in [3.05, 3.63) is 92.7 Å². The number of benzene rings is 3. The molecular weight excluding hydrogens is 470 g/mol. The fourth-order valence-corrected chi connectivity index (χ4v) is 2.82. The van der Waals surface area contributed by atoms with Crippen molar-refractivity contribution in [2.24, 2.45) is 0 Å². The standard InChI is InChI=1S/C20H7Cl2F5O4/c21-8-1-6-11(12(22)7-8)19(28)30-9-2-4-10(5-3-9)31-20(29)13-14(23)16(25)18(27)17(26)15(13)24/h1-7H. The summed E-state index contributed by atoms with van der Waals surface area (Å²) < 4.78 is 76.6. The first-order valence-corrected chi connectivity index (χ1v) is 8.86. The summed E-state index contributed by atoms with van der Waals surface area (Å²) in [5.41, 5.74) is -1.72. The Morgan fingerprint density at radius 2 is 1.10 bits per heavy atom. The van der Waals surface area contributed by atoms with E-state index in [0.717, 1.165) is 24.3 Å². The molecular formula is C20H7Cl2F5O4. The number of esters is 2. The Labute approximate surface area is 180 Å². The molecule has 0 aliphatic heterocycles. The van der Waals surface area contributed by atoms with Gasteiger partial charge in [-0.1, -0.05) is 23.2 Å². The molecule has 4 nitrogen and oxygen atoms in total. The molecule has 0 aromatic heterocycles. The van der Waals surface area contributed by atoms with Gasteiger partial charge >= 0.3 is 11.9 Å². The van der Waals surface area contributed by atoms with E-state index < -0.39 is 46.6 Å². The van der Waals surface area contributed by atoms with Gasteiger partial charge in [0, 0.05) is 5.02 Å². The van der Waals surface area contributed by atoms with E-state index in [0.29, 0.717) is 5.02 Å². The van der Waals surface area contributed by atoms with Gasteiger partial charge in [0.1, 0.15) is 17.1 Å². The summed E-state index contributed by atoms with van der Waals surface area (Å²) in [4.78, 5) is 24.1. The van der Waals surface area contributed by atoms with Crippen LogP contribution in [0.25, 0.3) is 0 Å². The zero-order chi connectivity index (χ0) is 22.9. The molecule has 11 heteroatoms. The van der Waals surface area contributed by atoms with Crippen LogP contribution in [-0.2, 0) is 0 Å². The first-order chi connectivity index (χ1) is 14.6. The molecule has 0 heterocycles. The zero-order valence-corrected chi connectivity index (χ0v) is 16.3. The van der Waals surface area contributed by atoms with Crippen molar-refractivity contribution in [3.8, 4) is 11.5 Å². The molecule has 0 aliphatic rings. The summed E-state index contributed by atoms with van der Waals surface area (Å²) in [5.74, 6) is -14.6. The molecule has 0 spiro atoms. The van der Waals surface area contributed by atoms with Gasteiger partial charge in [0.2, 0.25) is 5.82 Å². The van der Waals surface area contributed by atoms with Crippen LogP contribution in [0.1, 0.15) is 20.7 Å². The molecule has 0 fully saturated rings. The molecule has 31 heavy (non-hydrogen) atoms. The van der Waals surface area contributed by atoms with E-state index in [1.807, 2.05) is 0 Å². The van der Waals surface area contributed by atoms with Gasteiger partial charge in [-0.25, -0.2) is 31.5 Å². The third-order valence-corrected chi connectivity index (χ3v) is 4.36. The minimum Gasteiger partial charge on any atom is -0.423 e. The molecule has 160 valence electrons. The van der Waals surface area contributed by atoms with Crippen LogP contribution in [0.5, 0.6) is 11.5 Å². The fraction of sp³-hybridized carbons (Fsp3) is 0. The predicted molar refractivity (Wildman–Crippen MR) is 99.1 cm³/mol. The summed E-state index contributed by atoms with van der Waals surface area (Å²) in [5, 5.41) is 0.354. The van der Waals surface area contributed by atoms with Crippen molar-refractivity contribution in [1.29, 1.82) is 0 Å². The summed E-state index contributed by atoms with van der Waals surface area (Å²) in [6.07, 6.45) is 0. The molecule has 3 rings (SSSR count). The highest BCUT2D eigenvalue weighted by Gasteiger charge is 2.31. The molecule has 0 bridgehead atoms. The van der Waals surface area contributed by atoms with Crippen molar-refractivity contribution in [2.45, 2.75) is 0 Å². The van der Waals surface area contributed by atoms with Gasteiger partial charge < -0.3 is 9.47 Å². The van der Waals surface area contributed by atoms with Crippen LogP contribution < -0.4 is 9.47 Å². The van der Waals surface area contributed by atoms with Gasteiger partial charge in [0.05, 0.1) is 10.6 Å². The minimum atomic E-state index is -2.40. The maximum atomic E-state index is 13.7. The Kier molecular flexibility index (Phi) is 6.47. The van der Waals surface area contributed by atoms with E-state index in [2.05, 4.69) is 4.74 Å². The molecule has 0 saturated heterocycles. The minimum absolute atomic E-state index is 0.0212. The van der Waals surface area contributed by atoms with Crippen molar-refractivity contribution in [1.82, 2.24) is 0 Å². The normalized spacial score (nSPS) is 10.7. The highest BCUT2D eigenvalue weighted by molar-refractivity contribution is 6.36. The summed E-state index contributed by atoms with van der Waals surface area (Å²) in [6.45, 7) is 0. The Bertz CT molecular complexity index is 1170. The maximum absolute atomic E-state index is 13.7. The van der Waals surface area contributed by atoms with E-state index in [1.165, 1.54) is 18.2 Å². The fourth-order valence-electron chi connectivity index (χ4n) is 2.33. The second-order valence-electron chi connectivity index (χ2n) is 5.82. The zero-order valence-electron chi connectivity index (χ0n) is 14.8. The highest BCUT2D eigenvalue weighted by Crippen LogP contribution is 2.26. The molecule has 0 amide bonds. The van der Waals surface area contributed by atoms with Crippen molar-refractivity contribution in [3.63, 3.8) is 0 Å². The third kappa shape index (κ3) is 4.62. The summed E-state index contributed by atoms with van der Waals surface area (Å²) >= 11 is 11.7. The molecule has 0 radical (unpaired) electrons. The van der Waals surface area contributed by atoms with Gasteiger partial charge in [-0.05, 0) is 42.5 Å². The van der Waals surface area contributed by atoms with Crippen LogP contribution in [0, 0.1) is 29.1 Å². The van der Waals surface area contributed by atoms with Crippen molar-refractivity contribution >= 4 is 35.1 Å². The van der Waals surface area contributed by atoms with Gasteiger partial charge in [0.15, 0.2) is 23.3 Å². The van der Waals surface area contributed by atoms with E-state index in [9.17, 15) is 31.5 Å². The van der Waals surface area contributed by atoms with E-state index in [4.69, 9.17) is 27.9 Å². The van der Waals surface area contributed by atoms with Crippen LogP contribution in [0.2, 0.25) is 10.0 Å². The largest absolute Gasteiger partial charge is 0.423 e. The van der Waals surface area contributed by atoms with E-state index in [-0.39, 0.29) is 22.1 Å². The summed E-state index contributed by atoms with van der Waals surface area (Å²) in [6, 6.07) is 8.54. The lowest BCUT2D eigenvalue weighted by Crippen LogP contribution is -2.17. The highest BCUT2D eigenvalue weighted by atomic mass is 35.5. The Morgan fingerprint density at radius 1 is 0.645 bits per heavy atom. The Morgan fingerprint density at radius 3 is 1.58 bits per heavy atom. The second kappa shape index (κ2) is 8.91. The number of carbonyl (C=O) groups is 2. The van der Waals surface area contributed by atoms with Crippen LogP contribution in [0.15, 0.2) is 42.5 Å². The smallest absolute Gasteiger partial charge is 0.349 e. The monoisotopic (exact) mass is 476 g/mol. The molecule has 3 aromatic rings. The molecule has 0 N–H and O–H groups in total. The van der Waals surface area contributed by atoms with Crippen LogP contribution in [-0.4, -0.2) is 11.9 Å². The van der Waals surface area contributed by atoms with Gasteiger partial charge in [0.25, 0.3) is 0 Å². The number of halogens is 7. The molecule has 0 saturated carbocycles. The lowest BCUT2D eigenvalue weighted by Gasteiger charge is -2.09. The van der Waals surface area contributed by atoms with Gasteiger partial charge in [-0.2, -0.15) is 0 Å². The lowest BCUT2D eigenvalue weighted by molar-refractivity contribution is 0.0710. The van der Waals surface area contributed by atoms with Crippen LogP contribution >= 0.6 is 23.2 Å². The van der Waals surface area contributed by atoms with Gasteiger partial charge in [-0.3, -0.25) is 0 Å². The first kappa shape index (κ1) is 22.5. The number of rotatable bonds is 4. The first-order valence-electron chi connectivity index (χ1n) is 8.11. The molecule has 0 atom stereocenters. The Balaban J connectivity index is 1.76.